The lowest BCUT2D eigenvalue weighted by Gasteiger charge is -2.20. The van der Waals surface area contributed by atoms with Crippen molar-refractivity contribution in [3.05, 3.63) is 29.8 Å². The molecule has 0 heterocycles. The molecule has 2 N–H and O–H groups in total. The van der Waals surface area contributed by atoms with Crippen LogP contribution in [-0.2, 0) is 16.1 Å². The summed E-state index contributed by atoms with van der Waals surface area (Å²) in [6, 6.07) is 6.46. The maximum Gasteiger partial charge on any atom is 0.471 e. The third kappa shape index (κ3) is 5.86. The monoisotopic (exact) mass is 342 g/mol. The number of nitrogens with one attached hydrogen (secondary N) is 2. The predicted molar refractivity (Wildman–Crippen MR) is 84.2 cm³/mol. The first-order chi connectivity index (χ1) is 11.3. The van der Waals surface area contributed by atoms with Crippen LogP contribution in [0.2, 0.25) is 0 Å². The van der Waals surface area contributed by atoms with Gasteiger partial charge in [0, 0.05) is 18.7 Å². The lowest BCUT2D eigenvalue weighted by molar-refractivity contribution is -0.173. The minimum Gasteiger partial charge on any atom is -0.344 e. The van der Waals surface area contributed by atoms with E-state index in [0.717, 1.165) is 25.7 Å². The van der Waals surface area contributed by atoms with E-state index in [1.165, 1.54) is 6.42 Å². The van der Waals surface area contributed by atoms with Crippen LogP contribution in [0.5, 0.6) is 0 Å². The molecule has 2 rings (SSSR count). The molecule has 1 aliphatic carbocycles. The Morgan fingerprint density at radius 2 is 1.83 bits per heavy atom. The van der Waals surface area contributed by atoms with E-state index in [1.54, 1.807) is 24.3 Å². The molecule has 1 aliphatic rings. The number of hydrogen-bond donors (Lipinski definition) is 2. The van der Waals surface area contributed by atoms with Crippen LogP contribution < -0.4 is 10.6 Å². The minimum atomic E-state index is -4.90. The van der Waals surface area contributed by atoms with E-state index < -0.39 is 12.1 Å². The largest absolute Gasteiger partial charge is 0.471 e. The molecule has 1 saturated carbocycles. The highest BCUT2D eigenvalue weighted by atomic mass is 19.4. The second kappa shape index (κ2) is 8.17. The third-order valence-electron chi connectivity index (χ3n) is 4.12. The van der Waals surface area contributed by atoms with Crippen LogP contribution in [-0.4, -0.2) is 18.0 Å². The van der Waals surface area contributed by atoms with E-state index in [0.29, 0.717) is 23.6 Å². The molecular formula is C17H21F3N2O2. The highest BCUT2D eigenvalue weighted by molar-refractivity contribution is 5.91. The van der Waals surface area contributed by atoms with Gasteiger partial charge in [-0.2, -0.15) is 13.2 Å². The molecular weight excluding hydrogens is 321 g/mol. The molecule has 24 heavy (non-hydrogen) atoms. The molecule has 132 valence electrons. The topological polar surface area (TPSA) is 58.2 Å². The van der Waals surface area contributed by atoms with Gasteiger partial charge in [0.05, 0.1) is 0 Å². The maximum absolute atomic E-state index is 12.2. The number of benzene rings is 1. The first kappa shape index (κ1) is 18.3. The Bertz CT molecular complexity index is 581. The van der Waals surface area contributed by atoms with Gasteiger partial charge in [0.25, 0.3) is 0 Å². The van der Waals surface area contributed by atoms with E-state index in [2.05, 4.69) is 5.32 Å². The summed E-state index contributed by atoms with van der Waals surface area (Å²) >= 11 is 0. The lowest BCUT2D eigenvalue weighted by atomic mass is 9.87. The van der Waals surface area contributed by atoms with Gasteiger partial charge in [0.2, 0.25) is 5.91 Å². The Hall–Kier alpha value is -2.05. The number of rotatable bonds is 5. The highest BCUT2D eigenvalue weighted by Gasteiger charge is 2.38. The lowest BCUT2D eigenvalue weighted by Crippen LogP contribution is -2.36. The number of carbonyl (C=O) groups is 2. The summed E-state index contributed by atoms with van der Waals surface area (Å²) in [6.07, 6.45) is 1.25. The molecule has 0 radical (unpaired) electrons. The van der Waals surface area contributed by atoms with Gasteiger partial charge in [-0.25, -0.2) is 0 Å². The standard InChI is InChI=1S/C17H21F3N2O2/c18-17(19,20)16(24)21-11-13-7-4-8-14(9-13)22-15(23)10-12-5-2-1-3-6-12/h4,7-9,12H,1-3,5-6,10-11H2,(H,21,24)(H,22,23). The Labute approximate surface area is 138 Å². The number of hydrogen-bond acceptors (Lipinski definition) is 2. The Morgan fingerprint density at radius 3 is 2.50 bits per heavy atom. The number of carbonyl (C=O) groups excluding carboxylic acids is 2. The van der Waals surface area contributed by atoms with Crippen molar-refractivity contribution < 1.29 is 22.8 Å². The average molecular weight is 342 g/mol. The fraction of sp³-hybridized carbons (Fsp3) is 0.529. The fourth-order valence-electron chi connectivity index (χ4n) is 2.91. The first-order valence-electron chi connectivity index (χ1n) is 8.08. The summed E-state index contributed by atoms with van der Waals surface area (Å²) in [6.45, 7) is -0.245. The Kier molecular flexibility index (Phi) is 6.23. The number of alkyl halides is 3. The molecule has 0 unspecified atom stereocenters. The zero-order valence-electron chi connectivity index (χ0n) is 13.3. The van der Waals surface area contributed by atoms with Gasteiger partial charge >= 0.3 is 12.1 Å². The molecule has 1 fully saturated rings. The van der Waals surface area contributed by atoms with E-state index in [-0.39, 0.29) is 12.5 Å². The van der Waals surface area contributed by atoms with Gasteiger partial charge < -0.3 is 10.6 Å². The van der Waals surface area contributed by atoms with Crippen molar-refractivity contribution in [2.24, 2.45) is 5.92 Å². The summed E-state index contributed by atoms with van der Waals surface area (Å²) in [4.78, 5) is 22.9. The molecule has 4 nitrogen and oxygen atoms in total. The summed E-state index contributed by atoms with van der Waals surface area (Å²) in [5.74, 6) is -1.65. The molecule has 1 aromatic carbocycles. The maximum atomic E-state index is 12.2. The highest BCUT2D eigenvalue weighted by Crippen LogP contribution is 2.26. The smallest absolute Gasteiger partial charge is 0.344 e. The molecule has 0 aromatic heterocycles. The summed E-state index contributed by atoms with van der Waals surface area (Å²) in [5.41, 5.74) is 1.01. The van der Waals surface area contributed by atoms with Crippen molar-refractivity contribution in [1.82, 2.24) is 5.32 Å². The zero-order chi connectivity index (χ0) is 17.6. The van der Waals surface area contributed by atoms with Gasteiger partial charge in [-0.05, 0) is 36.5 Å². The van der Waals surface area contributed by atoms with E-state index >= 15 is 0 Å². The number of anilines is 1. The predicted octanol–water partition coefficient (Wildman–Crippen LogP) is 3.77. The third-order valence-corrected chi connectivity index (χ3v) is 4.12. The van der Waals surface area contributed by atoms with Crippen LogP contribution >= 0.6 is 0 Å². The molecule has 0 saturated heterocycles. The molecule has 0 aliphatic heterocycles. The van der Waals surface area contributed by atoms with Crippen molar-refractivity contribution >= 4 is 17.5 Å². The van der Waals surface area contributed by atoms with Crippen molar-refractivity contribution in [3.8, 4) is 0 Å². The van der Waals surface area contributed by atoms with Gasteiger partial charge in [0.1, 0.15) is 0 Å². The van der Waals surface area contributed by atoms with Crippen LogP contribution in [0.15, 0.2) is 24.3 Å². The molecule has 0 spiro atoms. The van der Waals surface area contributed by atoms with Gasteiger partial charge in [-0.3, -0.25) is 9.59 Å². The minimum absolute atomic E-state index is 0.0848. The van der Waals surface area contributed by atoms with Crippen LogP contribution in [0, 0.1) is 5.92 Å². The van der Waals surface area contributed by atoms with E-state index in [1.807, 2.05) is 5.32 Å². The molecule has 0 bridgehead atoms. The van der Waals surface area contributed by atoms with Gasteiger partial charge in [-0.15, -0.1) is 0 Å². The molecule has 0 atom stereocenters. The van der Waals surface area contributed by atoms with Crippen molar-refractivity contribution in [3.63, 3.8) is 0 Å². The Balaban J connectivity index is 1.85. The summed E-state index contributed by atoms with van der Waals surface area (Å²) in [5, 5.41) is 4.58. The normalized spacial score (nSPS) is 15.8. The van der Waals surface area contributed by atoms with Gasteiger partial charge in [-0.1, -0.05) is 31.4 Å². The first-order valence-corrected chi connectivity index (χ1v) is 8.08. The van der Waals surface area contributed by atoms with Crippen molar-refractivity contribution in [2.75, 3.05) is 5.32 Å². The quantitative estimate of drug-likeness (QED) is 0.856. The van der Waals surface area contributed by atoms with Crippen molar-refractivity contribution in [1.29, 1.82) is 0 Å². The summed E-state index contributed by atoms with van der Waals surface area (Å²) < 4.78 is 36.5. The summed E-state index contributed by atoms with van der Waals surface area (Å²) in [7, 11) is 0. The van der Waals surface area contributed by atoms with Crippen LogP contribution in [0.1, 0.15) is 44.1 Å². The number of amides is 2. The van der Waals surface area contributed by atoms with Crippen LogP contribution in [0.4, 0.5) is 18.9 Å². The number of halogens is 3. The molecule has 2 amide bonds. The zero-order valence-corrected chi connectivity index (χ0v) is 13.3. The molecule has 1 aromatic rings. The average Bonchev–Trinajstić information content (AvgIpc) is 2.53. The van der Waals surface area contributed by atoms with Gasteiger partial charge in [0.15, 0.2) is 0 Å². The van der Waals surface area contributed by atoms with Crippen LogP contribution in [0.3, 0.4) is 0 Å². The van der Waals surface area contributed by atoms with Crippen LogP contribution in [0.25, 0.3) is 0 Å². The second-order valence-corrected chi connectivity index (χ2v) is 6.14. The SMILES string of the molecule is O=C(CC1CCCCC1)Nc1cccc(CNC(=O)C(F)(F)F)c1. The van der Waals surface area contributed by atoms with Crippen molar-refractivity contribution in [2.45, 2.75) is 51.2 Å². The fourth-order valence-corrected chi connectivity index (χ4v) is 2.91. The second-order valence-electron chi connectivity index (χ2n) is 6.14. The van der Waals surface area contributed by atoms with E-state index in [9.17, 15) is 22.8 Å². The molecule has 7 heteroatoms. The van der Waals surface area contributed by atoms with E-state index in [4.69, 9.17) is 0 Å². The Morgan fingerprint density at radius 1 is 1.12 bits per heavy atom.